The standard InChI is InChI=1S/C17H24FNO2/c18-17-6-2-1-4-14(17)12-19-9-7-15(8-10-19)21-13-16-5-3-11-20-16/h1-2,4,6,15-16H,3,5,7-13H2. The Bertz CT molecular complexity index is 440. The second-order valence-corrected chi connectivity index (χ2v) is 6.04. The van der Waals surface area contributed by atoms with Crippen LogP contribution >= 0.6 is 0 Å². The van der Waals surface area contributed by atoms with Crippen molar-refractivity contribution in [2.45, 2.75) is 44.4 Å². The first-order valence-corrected chi connectivity index (χ1v) is 8.00. The summed E-state index contributed by atoms with van der Waals surface area (Å²) in [6.45, 7) is 4.27. The minimum Gasteiger partial charge on any atom is -0.376 e. The van der Waals surface area contributed by atoms with Crippen LogP contribution in [0.25, 0.3) is 0 Å². The highest BCUT2D eigenvalue weighted by Gasteiger charge is 2.23. The van der Waals surface area contributed by atoms with Crippen molar-refractivity contribution in [3.63, 3.8) is 0 Å². The molecule has 0 aromatic heterocycles. The molecule has 21 heavy (non-hydrogen) atoms. The van der Waals surface area contributed by atoms with Gasteiger partial charge < -0.3 is 9.47 Å². The summed E-state index contributed by atoms with van der Waals surface area (Å²) in [6.07, 6.45) is 5.00. The van der Waals surface area contributed by atoms with Gasteiger partial charge in [-0.3, -0.25) is 4.90 Å². The maximum absolute atomic E-state index is 13.6. The molecule has 0 radical (unpaired) electrons. The monoisotopic (exact) mass is 293 g/mol. The van der Waals surface area contributed by atoms with Crippen molar-refractivity contribution in [3.05, 3.63) is 35.6 Å². The number of nitrogens with zero attached hydrogens (tertiary/aromatic N) is 1. The molecular weight excluding hydrogens is 269 g/mol. The summed E-state index contributed by atoms with van der Waals surface area (Å²) in [7, 11) is 0. The zero-order valence-electron chi connectivity index (χ0n) is 12.5. The van der Waals surface area contributed by atoms with Crippen molar-refractivity contribution in [3.8, 4) is 0 Å². The SMILES string of the molecule is Fc1ccccc1CN1CCC(OCC2CCCO2)CC1. The summed E-state index contributed by atoms with van der Waals surface area (Å²) in [6, 6.07) is 7.04. The maximum atomic E-state index is 13.6. The predicted octanol–water partition coefficient (Wildman–Crippen LogP) is 2.99. The fourth-order valence-corrected chi connectivity index (χ4v) is 3.12. The van der Waals surface area contributed by atoms with Crippen molar-refractivity contribution in [1.29, 1.82) is 0 Å². The van der Waals surface area contributed by atoms with Crippen LogP contribution in [0.4, 0.5) is 4.39 Å². The van der Waals surface area contributed by atoms with Crippen molar-refractivity contribution in [2.24, 2.45) is 0 Å². The number of hydrogen-bond donors (Lipinski definition) is 0. The predicted molar refractivity (Wildman–Crippen MR) is 79.6 cm³/mol. The highest BCUT2D eigenvalue weighted by Crippen LogP contribution is 2.19. The van der Waals surface area contributed by atoms with Crippen LogP contribution < -0.4 is 0 Å². The number of rotatable bonds is 5. The van der Waals surface area contributed by atoms with Gasteiger partial charge in [0.15, 0.2) is 0 Å². The number of ether oxygens (including phenoxy) is 2. The van der Waals surface area contributed by atoms with Crippen LogP contribution in [0, 0.1) is 5.82 Å². The molecule has 1 atom stereocenters. The van der Waals surface area contributed by atoms with E-state index in [0.29, 0.717) is 18.8 Å². The van der Waals surface area contributed by atoms with Gasteiger partial charge in [-0.2, -0.15) is 0 Å². The van der Waals surface area contributed by atoms with Gasteiger partial charge in [0.1, 0.15) is 5.82 Å². The third-order valence-electron chi connectivity index (χ3n) is 4.43. The van der Waals surface area contributed by atoms with E-state index >= 15 is 0 Å². The Hall–Kier alpha value is -0.970. The van der Waals surface area contributed by atoms with Crippen molar-refractivity contribution in [1.82, 2.24) is 4.90 Å². The summed E-state index contributed by atoms with van der Waals surface area (Å²) >= 11 is 0. The number of likely N-dealkylation sites (tertiary alicyclic amines) is 1. The molecule has 0 aliphatic carbocycles. The Balaban J connectivity index is 1.39. The lowest BCUT2D eigenvalue weighted by Gasteiger charge is -2.32. The molecule has 3 rings (SSSR count). The fraction of sp³-hybridized carbons (Fsp3) is 0.647. The van der Waals surface area contributed by atoms with Gasteiger partial charge in [0.25, 0.3) is 0 Å². The van der Waals surface area contributed by atoms with Gasteiger partial charge in [0.2, 0.25) is 0 Å². The van der Waals surface area contributed by atoms with Crippen LogP contribution in [-0.4, -0.2) is 43.4 Å². The minimum absolute atomic E-state index is 0.103. The molecule has 0 N–H and O–H groups in total. The zero-order chi connectivity index (χ0) is 14.5. The Morgan fingerprint density at radius 3 is 2.71 bits per heavy atom. The van der Waals surface area contributed by atoms with Crippen molar-refractivity contribution >= 4 is 0 Å². The molecule has 2 saturated heterocycles. The lowest BCUT2D eigenvalue weighted by Crippen LogP contribution is -2.37. The molecular formula is C17H24FNO2. The zero-order valence-corrected chi connectivity index (χ0v) is 12.5. The van der Waals surface area contributed by atoms with E-state index in [0.717, 1.165) is 57.6 Å². The summed E-state index contributed by atoms with van der Waals surface area (Å²) in [5.74, 6) is -0.103. The Labute approximate surface area is 126 Å². The first-order valence-electron chi connectivity index (χ1n) is 8.00. The maximum Gasteiger partial charge on any atom is 0.127 e. The van der Waals surface area contributed by atoms with Crippen LogP contribution in [0.15, 0.2) is 24.3 Å². The average molecular weight is 293 g/mol. The summed E-state index contributed by atoms with van der Waals surface area (Å²) in [4.78, 5) is 2.31. The average Bonchev–Trinajstić information content (AvgIpc) is 3.02. The van der Waals surface area contributed by atoms with Crippen LogP contribution in [0.5, 0.6) is 0 Å². The van der Waals surface area contributed by atoms with Crippen molar-refractivity contribution < 1.29 is 13.9 Å². The number of piperidine rings is 1. The molecule has 0 bridgehead atoms. The minimum atomic E-state index is -0.103. The van der Waals surface area contributed by atoms with Gasteiger partial charge >= 0.3 is 0 Å². The first kappa shape index (κ1) is 14.9. The van der Waals surface area contributed by atoms with Gasteiger partial charge in [-0.05, 0) is 31.7 Å². The molecule has 2 fully saturated rings. The summed E-state index contributed by atoms with van der Waals surface area (Å²) < 4.78 is 25.2. The lowest BCUT2D eigenvalue weighted by atomic mass is 10.1. The van der Waals surface area contributed by atoms with E-state index in [2.05, 4.69) is 4.90 Å². The number of benzene rings is 1. The molecule has 2 aliphatic rings. The third-order valence-corrected chi connectivity index (χ3v) is 4.43. The van der Waals surface area contributed by atoms with Crippen LogP contribution in [0.3, 0.4) is 0 Å². The Kier molecular flexibility index (Phi) is 5.22. The van der Waals surface area contributed by atoms with E-state index in [4.69, 9.17) is 9.47 Å². The highest BCUT2D eigenvalue weighted by molar-refractivity contribution is 5.17. The quantitative estimate of drug-likeness (QED) is 0.833. The molecule has 3 nitrogen and oxygen atoms in total. The van der Waals surface area contributed by atoms with Gasteiger partial charge in [-0.25, -0.2) is 4.39 Å². The van der Waals surface area contributed by atoms with Gasteiger partial charge in [-0.15, -0.1) is 0 Å². The van der Waals surface area contributed by atoms with Gasteiger partial charge in [0.05, 0.1) is 18.8 Å². The third kappa shape index (κ3) is 4.25. The fourth-order valence-electron chi connectivity index (χ4n) is 3.12. The molecule has 0 amide bonds. The van der Waals surface area contributed by atoms with Gasteiger partial charge in [0, 0.05) is 31.8 Å². The van der Waals surface area contributed by atoms with E-state index in [1.54, 1.807) is 6.07 Å². The van der Waals surface area contributed by atoms with Crippen LogP contribution in [0.1, 0.15) is 31.2 Å². The second kappa shape index (κ2) is 7.34. The molecule has 1 unspecified atom stereocenters. The number of hydrogen-bond acceptors (Lipinski definition) is 3. The van der Waals surface area contributed by atoms with E-state index in [1.807, 2.05) is 12.1 Å². The normalized spacial score (nSPS) is 24.5. The first-order chi connectivity index (χ1) is 10.3. The largest absolute Gasteiger partial charge is 0.376 e. The Morgan fingerprint density at radius 1 is 1.19 bits per heavy atom. The van der Waals surface area contributed by atoms with Crippen LogP contribution in [0.2, 0.25) is 0 Å². The number of halogens is 1. The molecule has 1 aromatic rings. The summed E-state index contributed by atoms with van der Waals surface area (Å²) in [5.41, 5.74) is 0.788. The van der Waals surface area contributed by atoms with Gasteiger partial charge in [-0.1, -0.05) is 18.2 Å². The van der Waals surface area contributed by atoms with E-state index < -0.39 is 0 Å². The van der Waals surface area contributed by atoms with E-state index in [-0.39, 0.29) is 5.82 Å². The molecule has 0 saturated carbocycles. The molecule has 2 heterocycles. The van der Waals surface area contributed by atoms with Crippen LogP contribution in [-0.2, 0) is 16.0 Å². The van der Waals surface area contributed by atoms with E-state index in [9.17, 15) is 4.39 Å². The molecule has 116 valence electrons. The van der Waals surface area contributed by atoms with E-state index in [1.165, 1.54) is 6.07 Å². The van der Waals surface area contributed by atoms with Crippen molar-refractivity contribution in [2.75, 3.05) is 26.3 Å². The second-order valence-electron chi connectivity index (χ2n) is 6.04. The molecule has 2 aliphatic heterocycles. The lowest BCUT2D eigenvalue weighted by molar-refractivity contribution is -0.0427. The Morgan fingerprint density at radius 2 is 2.00 bits per heavy atom. The summed E-state index contributed by atoms with van der Waals surface area (Å²) in [5, 5.41) is 0. The molecule has 1 aromatic carbocycles. The topological polar surface area (TPSA) is 21.7 Å². The smallest absolute Gasteiger partial charge is 0.127 e. The molecule has 0 spiro atoms. The molecule has 4 heteroatoms. The highest BCUT2D eigenvalue weighted by atomic mass is 19.1.